The van der Waals surface area contributed by atoms with Crippen molar-refractivity contribution >= 4 is 5.78 Å². The van der Waals surface area contributed by atoms with E-state index in [1.54, 1.807) is 0 Å². The van der Waals surface area contributed by atoms with Gasteiger partial charge in [0.05, 0.1) is 0 Å². The first-order valence-electron chi connectivity index (χ1n) is 4.72. The van der Waals surface area contributed by atoms with E-state index in [-0.39, 0.29) is 0 Å². The molecule has 0 aromatic heterocycles. The molecular formula is C10H18O. The predicted octanol–water partition coefficient (Wildman–Crippen LogP) is 2.79. The predicted molar refractivity (Wildman–Crippen MR) is 46.4 cm³/mol. The second-order valence-corrected chi connectivity index (χ2v) is 3.97. The summed E-state index contributed by atoms with van der Waals surface area (Å²) in [5, 5.41) is 0. The summed E-state index contributed by atoms with van der Waals surface area (Å²) in [6.07, 6.45) is 5.20. The zero-order valence-electron chi connectivity index (χ0n) is 7.60. The van der Waals surface area contributed by atoms with Crippen molar-refractivity contribution in [1.82, 2.24) is 0 Å². The minimum Gasteiger partial charge on any atom is -0.300 e. The number of hydrogen-bond donors (Lipinski definition) is 0. The number of Topliss-reactive ketones (excluding diaryl/α,β-unsaturated/α-hetero) is 1. The Bertz CT molecular complexity index is 138. The first-order chi connectivity index (χ1) is 5.20. The monoisotopic (exact) mass is 154 g/mol. The number of ketones is 1. The zero-order valence-corrected chi connectivity index (χ0v) is 7.60. The molecule has 0 amide bonds. The molecule has 0 N–H and O–H groups in total. The molecule has 0 aromatic rings. The second-order valence-electron chi connectivity index (χ2n) is 3.97. The van der Waals surface area contributed by atoms with Crippen molar-refractivity contribution in [2.75, 3.05) is 0 Å². The normalized spacial score (nSPS) is 27.2. The van der Waals surface area contributed by atoms with E-state index >= 15 is 0 Å². The highest BCUT2D eigenvalue weighted by Gasteiger charge is 2.18. The van der Waals surface area contributed by atoms with Crippen LogP contribution in [-0.2, 0) is 4.79 Å². The summed E-state index contributed by atoms with van der Waals surface area (Å²) < 4.78 is 0. The van der Waals surface area contributed by atoms with Crippen molar-refractivity contribution in [3.05, 3.63) is 0 Å². The van der Waals surface area contributed by atoms with Crippen LogP contribution in [0.25, 0.3) is 0 Å². The third-order valence-corrected chi connectivity index (χ3v) is 2.77. The Morgan fingerprint density at radius 3 is 2.64 bits per heavy atom. The molecule has 1 fully saturated rings. The van der Waals surface area contributed by atoms with Crippen molar-refractivity contribution < 1.29 is 4.79 Å². The van der Waals surface area contributed by atoms with E-state index in [2.05, 4.69) is 13.8 Å². The van der Waals surface area contributed by atoms with Crippen molar-refractivity contribution in [1.29, 1.82) is 0 Å². The van der Waals surface area contributed by atoms with Gasteiger partial charge in [-0.05, 0) is 31.1 Å². The van der Waals surface area contributed by atoms with Crippen LogP contribution in [0.4, 0.5) is 0 Å². The number of rotatable bonds is 1. The van der Waals surface area contributed by atoms with Gasteiger partial charge in [-0.1, -0.05) is 13.8 Å². The maximum absolute atomic E-state index is 11.1. The summed E-state index contributed by atoms with van der Waals surface area (Å²) in [5.74, 6) is 2.05. The number of hydrogen-bond acceptors (Lipinski definition) is 1. The van der Waals surface area contributed by atoms with E-state index in [1.807, 2.05) is 0 Å². The molecule has 1 heteroatoms. The quantitative estimate of drug-likeness (QED) is 0.531. The molecule has 1 nitrogen and oxygen atoms in total. The zero-order chi connectivity index (χ0) is 8.27. The highest BCUT2D eigenvalue weighted by molar-refractivity contribution is 5.78. The third-order valence-electron chi connectivity index (χ3n) is 2.77. The van der Waals surface area contributed by atoms with Crippen LogP contribution >= 0.6 is 0 Å². The van der Waals surface area contributed by atoms with Crippen LogP contribution in [0.3, 0.4) is 0 Å². The first kappa shape index (κ1) is 8.76. The fraction of sp³-hybridized carbons (Fsp3) is 0.900. The molecule has 0 aliphatic heterocycles. The lowest BCUT2D eigenvalue weighted by atomic mass is 9.89. The van der Waals surface area contributed by atoms with Gasteiger partial charge < -0.3 is 0 Å². The molecule has 0 radical (unpaired) electrons. The van der Waals surface area contributed by atoms with Crippen molar-refractivity contribution in [2.45, 2.75) is 46.0 Å². The lowest BCUT2D eigenvalue weighted by molar-refractivity contribution is -0.118. The van der Waals surface area contributed by atoms with Gasteiger partial charge in [0.1, 0.15) is 5.78 Å². The van der Waals surface area contributed by atoms with Crippen LogP contribution in [0.1, 0.15) is 46.0 Å². The van der Waals surface area contributed by atoms with E-state index in [0.717, 1.165) is 37.5 Å². The van der Waals surface area contributed by atoms with Crippen molar-refractivity contribution in [3.63, 3.8) is 0 Å². The molecule has 0 spiro atoms. The van der Waals surface area contributed by atoms with Crippen LogP contribution in [0.5, 0.6) is 0 Å². The SMILES string of the molecule is CC(C)[C@H]1CCCC(=O)CC1. The summed E-state index contributed by atoms with van der Waals surface area (Å²) >= 11 is 0. The van der Waals surface area contributed by atoms with Crippen molar-refractivity contribution in [3.8, 4) is 0 Å². The lowest BCUT2D eigenvalue weighted by Gasteiger charge is -2.16. The van der Waals surface area contributed by atoms with Gasteiger partial charge in [-0.3, -0.25) is 4.79 Å². The topological polar surface area (TPSA) is 17.1 Å². The number of carbonyl (C=O) groups excluding carboxylic acids is 1. The second kappa shape index (κ2) is 3.89. The molecular weight excluding hydrogens is 136 g/mol. The molecule has 1 rings (SSSR count). The molecule has 11 heavy (non-hydrogen) atoms. The van der Waals surface area contributed by atoms with E-state index < -0.39 is 0 Å². The van der Waals surface area contributed by atoms with Crippen LogP contribution in [0, 0.1) is 11.8 Å². The molecule has 1 atom stereocenters. The lowest BCUT2D eigenvalue weighted by Crippen LogP contribution is -2.07. The van der Waals surface area contributed by atoms with Gasteiger partial charge in [0.2, 0.25) is 0 Å². The highest BCUT2D eigenvalue weighted by atomic mass is 16.1. The standard InChI is InChI=1S/C10H18O/c1-8(2)9-4-3-5-10(11)7-6-9/h8-9H,3-7H2,1-2H3/t9-/m0/s1. The number of carbonyl (C=O) groups is 1. The van der Waals surface area contributed by atoms with Gasteiger partial charge in [0, 0.05) is 12.8 Å². The smallest absolute Gasteiger partial charge is 0.132 e. The molecule has 1 aliphatic carbocycles. The Labute approximate surface area is 69.2 Å². The van der Waals surface area contributed by atoms with Gasteiger partial charge in [-0.2, -0.15) is 0 Å². The summed E-state index contributed by atoms with van der Waals surface area (Å²) in [6.45, 7) is 4.53. The maximum Gasteiger partial charge on any atom is 0.132 e. The van der Waals surface area contributed by atoms with E-state index in [1.165, 1.54) is 6.42 Å². The minimum absolute atomic E-state index is 0.480. The molecule has 0 aromatic carbocycles. The summed E-state index contributed by atoms with van der Waals surface area (Å²) in [5.41, 5.74) is 0. The third kappa shape index (κ3) is 2.64. The Kier molecular flexibility index (Phi) is 3.10. The maximum atomic E-state index is 11.1. The van der Waals surface area contributed by atoms with Crippen LogP contribution in [-0.4, -0.2) is 5.78 Å². The van der Waals surface area contributed by atoms with Crippen LogP contribution in [0.2, 0.25) is 0 Å². The molecule has 1 aliphatic rings. The van der Waals surface area contributed by atoms with E-state index in [9.17, 15) is 4.79 Å². The highest BCUT2D eigenvalue weighted by Crippen LogP contribution is 2.26. The van der Waals surface area contributed by atoms with Crippen LogP contribution in [0.15, 0.2) is 0 Å². The van der Waals surface area contributed by atoms with Crippen LogP contribution < -0.4 is 0 Å². The Morgan fingerprint density at radius 1 is 1.27 bits per heavy atom. The fourth-order valence-corrected chi connectivity index (χ4v) is 1.84. The molecule has 1 saturated carbocycles. The summed E-state index contributed by atoms with van der Waals surface area (Å²) in [7, 11) is 0. The van der Waals surface area contributed by atoms with Gasteiger partial charge in [-0.15, -0.1) is 0 Å². The van der Waals surface area contributed by atoms with Gasteiger partial charge in [0.25, 0.3) is 0 Å². The summed E-state index contributed by atoms with van der Waals surface area (Å²) in [6, 6.07) is 0. The Morgan fingerprint density at radius 2 is 2.00 bits per heavy atom. The fourth-order valence-electron chi connectivity index (χ4n) is 1.84. The Hall–Kier alpha value is -0.330. The largest absolute Gasteiger partial charge is 0.300 e. The van der Waals surface area contributed by atoms with E-state index in [4.69, 9.17) is 0 Å². The summed E-state index contributed by atoms with van der Waals surface area (Å²) in [4.78, 5) is 11.1. The van der Waals surface area contributed by atoms with E-state index in [0.29, 0.717) is 5.78 Å². The minimum atomic E-state index is 0.480. The molecule has 0 heterocycles. The van der Waals surface area contributed by atoms with Gasteiger partial charge in [-0.25, -0.2) is 0 Å². The average Bonchev–Trinajstić information content (AvgIpc) is 2.13. The molecule has 64 valence electrons. The average molecular weight is 154 g/mol. The molecule has 0 unspecified atom stereocenters. The van der Waals surface area contributed by atoms with Crippen molar-refractivity contribution in [2.24, 2.45) is 11.8 Å². The molecule has 0 bridgehead atoms. The van der Waals surface area contributed by atoms with Gasteiger partial charge in [0.15, 0.2) is 0 Å². The molecule has 0 saturated heterocycles. The first-order valence-corrected chi connectivity index (χ1v) is 4.72. The Balaban J connectivity index is 2.40. The van der Waals surface area contributed by atoms with Gasteiger partial charge >= 0.3 is 0 Å².